The van der Waals surface area contributed by atoms with Gasteiger partial charge in [0.1, 0.15) is 0 Å². The fourth-order valence-electron chi connectivity index (χ4n) is 2.31. The number of amides is 1. The predicted octanol–water partition coefficient (Wildman–Crippen LogP) is 2.54. The molecule has 3 N–H and O–H groups in total. The van der Waals surface area contributed by atoms with E-state index < -0.39 is 0 Å². The average Bonchev–Trinajstić information content (AvgIpc) is 2.46. The van der Waals surface area contributed by atoms with Crippen LogP contribution in [0.15, 0.2) is 28.9 Å². The van der Waals surface area contributed by atoms with Crippen LogP contribution in [-0.4, -0.2) is 31.0 Å². The highest BCUT2D eigenvalue weighted by atomic mass is 79.9. The molecule has 0 saturated heterocycles. The molecule has 5 nitrogen and oxygen atoms in total. The predicted molar refractivity (Wildman–Crippen MR) is 90.4 cm³/mol. The van der Waals surface area contributed by atoms with Gasteiger partial charge in [0.05, 0.1) is 29.6 Å². The second kappa shape index (κ2) is 6.76. The average molecular weight is 351 g/mol. The van der Waals surface area contributed by atoms with Gasteiger partial charge >= 0.3 is 0 Å². The fourth-order valence-corrected chi connectivity index (χ4v) is 2.67. The number of likely N-dealkylation sites (N-methyl/N-ethyl adjacent to an activating group) is 1. The normalized spacial score (nSPS) is 10.6. The van der Waals surface area contributed by atoms with Crippen LogP contribution in [0.2, 0.25) is 0 Å². The Bertz CT molecular complexity index is 654. The summed E-state index contributed by atoms with van der Waals surface area (Å²) < 4.78 is 0.958. The summed E-state index contributed by atoms with van der Waals surface area (Å²) >= 11 is 3.48. The number of halogens is 1. The lowest BCUT2D eigenvalue weighted by Crippen LogP contribution is -2.36. The molecule has 2 rings (SSSR count). The van der Waals surface area contributed by atoms with Gasteiger partial charge in [-0.15, -0.1) is 0 Å². The van der Waals surface area contributed by atoms with E-state index in [0.717, 1.165) is 34.0 Å². The first-order valence-electron chi connectivity index (χ1n) is 6.86. The SMILES string of the molecule is CCCN(CC(=O)NC)c1c(N)cnc2ccc(Br)cc12. The van der Waals surface area contributed by atoms with Gasteiger partial charge in [0.15, 0.2) is 0 Å². The summed E-state index contributed by atoms with van der Waals surface area (Å²) in [6.07, 6.45) is 2.58. The Morgan fingerprint density at radius 1 is 1.48 bits per heavy atom. The number of hydrogen-bond acceptors (Lipinski definition) is 4. The van der Waals surface area contributed by atoms with Gasteiger partial charge in [-0.1, -0.05) is 22.9 Å². The van der Waals surface area contributed by atoms with E-state index in [0.29, 0.717) is 5.69 Å². The lowest BCUT2D eigenvalue weighted by Gasteiger charge is -2.26. The lowest BCUT2D eigenvalue weighted by atomic mass is 10.1. The maximum atomic E-state index is 11.8. The zero-order valence-electron chi connectivity index (χ0n) is 12.2. The standard InChI is InChI=1S/C15H19BrN4O/c1-3-6-20(9-14(21)18-2)15-11-7-10(16)4-5-13(11)19-8-12(15)17/h4-5,7-8H,3,6,9,17H2,1-2H3,(H,18,21). The third-order valence-corrected chi connectivity index (χ3v) is 3.75. The van der Waals surface area contributed by atoms with E-state index in [4.69, 9.17) is 5.73 Å². The number of pyridine rings is 1. The highest BCUT2D eigenvalue weighted by Gasteiger charge is 2.16. The summed E-state index contributed by atoms with van der Waals surface area (Å²) in [5.74, 6) is -0.0391. The van der Waals surface area contributed by atoms with E-state index in [1.165, 1.54) is 0 Å². The van der Waals surface area contributed by atoms with Crippen LogP contribution < -0.4 is 16.0 Å². The Kier molecular flexibility index (Phi) is 5.01. The summed E-state index contributed by atoms with van der Waals surface area (Å²) in [5, 5.41) is 3.60. The first-order chi connectivity index (χ1) is 10.1. The number of nitrogens with zero attached hydrogens (tertiary/aromatic N) is 2. The van der Waals surface area contributed by atoms with Crippen molar-refractivity contribution >= 4 is 44.1 Å². The van der Waals surface area contributed by atoms with Crippen molar-refractivity contribution < 1.29 is 4.79 Å². The number of benzene rings is 1. The van der Waals surface area contributed by atoms with E-state index in [1.54, 1.807) is 13.2 Å². The maximum Gasteiger partial charge on any atom is 0.239 e. The minimum atomic E-state index is -0.0391. The molecule has 0 aliphatic carbocycles. The number of fused-ring (bicyclic) bond motifs is 1. The van der Waals surface area contributed by atoms with E-state index in [9.17, 15) is 4.79 Å². The number of rotatable bonds is 5. The fraction of sp³-hybridized carbons (Fsp3) is 0.333. The van der Waals surface area contributed by atoms with E-state index in [2.05, 4.69) is 33.2 Å². The second-order valence-corrected chi connectivity index (χ2v) is 5.73. The summed E-state index contributed by atoms with van der Waals surface area (Å²) in [4.78, 5) is 18.1. The molecular formula is C15H19BrN4O. The first kappa shape index (κ1) is 15.6. The second-order valence-electron chi connectivity index (χ2n) is 4.82. The van der Waals surface area contributed by atoms with Crippen LogP contribution in [0.1, 0.15) is 13.3 Å². The highest BCUT2D eigenvalue weighted by molar-refractivity contribution is 9.10. The molecule has 0 radical (unpaired) electrons. The Hall–Kier alpha value is -1.82. The van der Waals surface area contributed by atoms with E-state index in [-0.39, 0.29) is 12.5 Å². The van der Waals surface area contributed by atoms with Crippen molar-refractivity contribution in [3.8, 4) is 0 Å². The largest absolute Gasteiger partial charge is 0.396 e. The number of hydrogen-bond donors (Lipinski definition) is 2. The molecule has 2 aromatic rings. The number of carbonyl (C=O) groups is 1. The molecule has 0 aliphatic rings. The molecule has 1 amide bonds. The molecule has 0 unspecified atom stereocenters. The molecule has 1 aromatic heterocycles. The quantitative estimate of drug-likeness (QED) is 0.869. The first-order valence-corrected chi connectivity index (χ1v) is 7.65. The smallest absolute Gasteiger partial charge is 0.239 e. The molecule has 6 heteroatoms. The zero-order valence-corrected chi connectivity index (χ0v) is 13.8. The van der Waals surface area contributed by atoms with Gasteiger partial charge in [0.2, 0.25) is 5.91 Å². The van der Waals surface area contributed by atoms with Gasteiger partial charge in [-0.05, 0) is 24.6 Å². The monoisotopic (exact) mass is 350 g/mol. The lowest BCUT2D eigenvalue weighted by molar-refractivity contribution is -0.119. The minimum Gasteiger partial charge on any atom is -0.396 e. The number of nitrogens with one attached hydrogen (secondary N) is 1. The van der Waals surface area contributed by atoms with Crippen LogP contribution in [-0.2, 0) is 4.79 Å². The van der Waals surface area contributed by atoms with Crippen LogP contribution in [0.5, 0.6) is 0 Å². The summed E-state index contributed by atoms with van der Waals surface area (Å²) in [5.41, 5.74) is 8.44. The third-order valence-electron chi connectivity index (χ3n) is 3.25. The van der Waals surface area contributed by atoms with Gasteiger partial charge in [-0.2, -0.15) is 0 Å². The van der Waals surface area contributed by atoms with Gasteiger partial charge in [0, 0.05) is 23.5 Å². The molecule has 1 aromatic carbocycles. The molecule has 1 heterocycles. The van der Waals surface area contributed by atoms with Crippen LogP contribution in [0.3, 0.4) is 0 Å². The molecule has 0 fully saturated rings. The minimum absolute atomic E-state index is 0.0391. The van der Waals surface area contributed by atoms with Crippen molar-refractivity contribution in [3.05, 3.63) is 28.9 Å². The highest BCUT2D eigenvalue weighted by Crippen LogP contribution is 2.33. The van der Waals surface area contributed by atoms with Crippen molar-refractivity contribution in [3.63, 3.8) is 0 Å². The topological polar surface area (TPSA) is 71.2 Å². The van der Waals surface area contributed by atoms with Crippen LogP contribution in [0.4, 0.5) is 11.4 Å². The van der Waals surface area contributed by atoms with Gasteiger partial charge < -0.3 is 16.0 Å². The number of anilines is 2. The molecular weight excluding hydrogens is 332 g/mol. The molecule has 21 heavy (non-hydrogen) atoms. The van der Waals surface area contributed by atoms with Crippen molar-refractivity contribution in [1.29, 1.82) is 0 Å². The Morgan fingerprint density at radius 2 is 2.24 bits per heavy atom. The summed E-state index contributed by atoms with van der Waals surface area (Å²) in [6, 6.07) is 5.87. The number of nitrogen functional groups attached to an aromatic ring is 1. The Morgan fingerprint density at radius 3 is 2.90 bits per heavy atom. The van der Waals surface area contributed by atoms with Crippen molar-refractivity contribution in [2.45, 2.75) is 13.3 Å². The molecule has 112 valence electrons. The van der Waals surface area contributed by atoms with Gasteiger partial charge in [-0.25, -0.2) is 0 Å². The number of aromatic nitrogens is 1. The van der Waals surface area contributed by atoms with Crippen molar-refractivity contribution in [1.82, 2.24) is 10.3 Å². The Labute approximate surface area is 132 Å². The summed E-state index contributed by atoms with van der Waals surface area (Å²) in [6.45, 7) is 3.11. The van der Waals surface area contributed by atoms with E-state index in [1.807, 2.05) is 23.1 Å². The zero-order chi connectivity index (χ0) is 15.4. The summed E-state index contributed by atoms with van der Waals surface area (Å²) in [7, 11) is 1.64. The van der Waals surface area contributed by atoms with Crippen LogP contribution >= 0.6 is 15.9 Å². The third kappa shape index (κ3) is 3.44. The Balaban J connectivity index is 2.57. The molecule has 0 aliphatic heterocycles. The van der Waals surface area contributed by atoms with E-state index >= 15 is 0 Å². The van der Waals surface area contributed by atoms with Gasteiger partial charge in [0.25, 0.3) is 0 Å². The molecule has 0 spiro atoms. The van der Waals surface area contributed by atoms with Crippen molar-refractivity contribution in [2.75, 3.05) is 30.8 Å². The molecule has 0 saturated carbocycles. The van der Waals surface area contributed by atoms with Crippen molar-refractivity contribution in [2.24, 2.45) is 0 Å². The van der Waals surface area contributed by atoms with Crippen LogP contribution in [0.25, 0.3) is 10.9 Å². The number of nitrogens with two attached hydrogens (primary N) is 1. The van der Waals surface area contributed by atoms with Gasteiger partial charge in [-0.3, -0.25) is 9.78 Å². The molecule has 0 bridgehead atoms. The maximum absolute atomic E-state index is 11.8. The molecule has 0 atom stereocenters. The number of carbonyl (C=O) groups excluding carboxylic acids is 1. The van der Waals surface area contributed by atoms with Crippen LogP contribution in [0, 0.1) is 0 Å².